The van der Waals surface area contributed by atoms with Crippen molar-refractivity contribution in [3.05, 3.63) is 111 Å². The van der Waals surface area contributed by atoms with Gasteiger partial charge in [0, 0.05) is 63.8 Å². The maximum absolute atomic E-state index is 14.0. The minimum absolute atomic E-state index is 0.00847. The molecule has 1 saturated heterocycles. The van der Waals surface area contributed by atoms with Gasteiger partial charge in [-0.25, -0.2) is 4.98 Å². The number of β-amino-alcohol motifs (C(OH)–C–C–N with tert-alkyl or cyclic N) is 1. The number of aryl methyl sites for hydroxylation is 2. The molecule has 6 amide bonds. The maximum Gasteiger partial charge on any atom is 0.273 e. The van der Waals surface area contributed by atoms with Crippen LogP contribution in [0, 0.1) is 12.3 Å². The lowest BCUT2D eigenvalue weighted by Gasteiger charge is -2.35. The Hall–Kier alpha value is -6.92. The van der Waals surface area contributed by atoms with Gasteiger partial charge in [0.1, 0.15) is 17.8 Å². The molecule has 2 aliphatic rings. The van der Waals surface area contributed by atoms with E-state index in [-0.39, 0.29) is 78.4 Å². The molecule has 6 N–H and O–H groups in total. The summed E-state index contributed by atoms with van der Waals surface area (Å²) in [5.41, 5.74) is 7.01. The van der Waals surface area contributed by atoms with Crippen LogP contribution in [0.3, 0.4) is 0 Å². The highest BCUT2D eigenvalue weighted by atomic mass is 32.1. The van der Waals surface area contributed by atoms with Crippen molar-refractivity contribution in [2.45, 2.75) is 110 Å². The number of likely N-dealkylation sites (tertiary alicyclic amines) is 1. The van der Waals surface area contributed by atoms with Gasteiger partial charge in [-0.2, -0.15) is 0 Å². The van der Waals surface area contributed by atoms with Crippen LogP contribution in [0.15, 0.2) is 76.8 Å². The highest BCUT2D eigenvalue weighted by Crippen LogP contribution is 2.34. The molecule has 3 aromatic carbocycles. The van der Waals surface area contributed by atoms with E-state index in [0.29, 0.717) is 36.9 Å². The summed E-state index contributed by atoms with van der Waals surface area (Å²) in [4.78, 5) is 87.7. The number of rotatable bonds is 18. The van der Waals surface area contributed by atoms with Crippen LogP contribution in [0.2, 0.25) is 0 Å². The van der Waals surface area contributed by atoms with Crippen LogP contribution in [0.1, 0.15) is 125 Å². The van der Waals surface area contributed by atoms with Gasteiger partial charge in [0.05, 0.1) is 33.8 Å². The zero-order valence-electron chi connectivity index (χ0n) is 40.5. The number of nitrogens with one attached hydrogen (secondary N) is 4. The van der Waals surface area contributed by atoms with Gasteiger partial charge in [-0.05, 0) is 84.5 Å². The van der Waals surface area contributed by atoms with Crippen LogP contribution in [0.5, 0.6) is 5.75 Å². The molecule has 7 rings (SSSR count). The van der Waals surface area contributed by atoms with Crippen molar-refractivity contribution in [2.75, 3.05) is 27.2 Å². The third-order valence-electron chi connectivity index (χ3n) is 12.8. The molecular formula is C52H62N8O9S. The second-order valence-electron chi connectivity index (χ2n) is 19.4. The van der Waals surface area contributed by atoms with Crippen molar-refractivity contribution < 1.29 is 43.5 Å². The fourth-order valence-electron chi connectivity index (χ4n) is 8.83. The molecule has 0 spiro atoms. The number of amides is 6. The average Bonchev–Trinajstić information content (AvgIpc) is 4.16. The highest BCUT2D eigenvalue weighted by molar-refractivity contribution is 7.13. The summed E-state index contributed by atoms with van der Waals surface area (Å²) in [6.07, 6.45) is 3.55. The predicted molar refractivity (Wildman–Crippen MR) is 264 cm³/mol. The van der Waals surface area contributed by atoms with Crippen LogP contribution in [0.4, 0.5) is 0 Å². The maximum atomic E-state index is 14.0. The molecule has 1 aliphatic heterocycles. The standard InChI is InChI=1S/C52H62N8O9S/c1-30-45(70-29-55-30)33-14-12-31(13-15-33)27-54-49(66)41-25-36(61)28-60(41)51(68)46(52(2,3)4)57-44(63)11-9-7-8-10-22-53-47(64)35-17-16-32-19-21-39(38(32)23-35)56-48(65)40-26-43(69-58-40)34-18-20-37(42(62)24-34)50(67)59(5)6/h12-18,20,23-24,26,29,36,39,41,46,61-62H,7-11,19,21-22,25,27-28H2,1-6H3,(H,53,64)(H,54,66)(H,56,65)(H,57,63)/t36-,39-,41+,46-/m1/s1. The number of fused-ring (bicyclic) bond motifs is 1. The summed E-state index contributed by atoms with van der Waals surface area (Å²) < 4.78 is 5.40. The average molecular weight is 975 g/mol. The number of hydrogen-bond acceptors (Lipinski definition) is 12. The van der Waals surface area contributed by atoms with Gasteiger partial charge in [-0.3, -0.25) is 28.8 Å². The van der Waals surface area contributed by atoms with Crippen LogP contribution in [0.25, 0.3) is 21.8 Å². The first kappa shape index (κ1) is 50.9. The minimum Gasteiger partial charge on any atom is -0.507 e. The zero-order valence-corrected chi connectivity index (χ0v) is 41.3. The monoisotopic (exact) mass is 974 g/mol. The van der Waals surface area contributed by atoms with E-state index in [2.05, 4.69) is 31.4 Å². The topological polar surface area (TPSA) is 236 Å². The largest absolute Gasteiger partial charge is 0.507 e. The summed E-state index contributed by atoms with van der Waals surface area (Å²) in [7, 11) is 3.17. The first-order valence-electron chi connectivity index (χ1n) is 23.7. The molecule has 370 valence electrons. The Morgan fingerprint density at radius 3 is 2.36 bits per heavy atom. The van der Waals surface area contributed by atoms with Crippen LogP contribution < -0.4 is 21.3 Å². The quantitative estimate of drug-likeness (QED) is 0.0550. The second-order valence-corrected chi connectivity index (χ2v) is 20.2. The van der Waals surface area contributed by atoms with E-state index >= 15 is 0 Å². The molecule has 17 nitrogen and oxygen atoms in total. The fourth-order valence-corrected chi connectivity index (χ4v) is 9.64. The Morgan fingerprint density at radius 2 is 1.66 bits per heavy atom. The van der Waals surface area contributed by atoms with Gasteiger partial charge in [-0.1, -0.05) is 75.2 Å². The van der Waals surface area contributed by atoms with E-state index < -0.39 is 35.4 Å². The number of aromatic hydroxyl groups is 1. The van der Waals surface area contributed by atoms with Gasteiger partial charge in [0.15, 0.2) is 11.5 Å². The molecule has 0 radical (unpaired) electrons. The summed E-state index contributed by atoms with van der Waals surface area (Å²) in [5.74, 6) is -2.09. The number of phenols is 1. The Kier molecular flexibility index (Phi) is 16.2. The number of phenolic OH excluding ortho intramolecular Hbond substituents is 1. The van der Waals surface area contributed by atoms with Crippen LogP contribution >= 0.6 is 11.3 Å². The van der Waals surface area contributed by atoms with Gasteiger partial charge in [-0.15, -0.1) is 11.3 Å². The molecule has 0 saturated carbocycles. The Bertz CT molecular complexity index is 2730. The number of nitrogens with zero attached hydrogens (tertiary/aromatic N) is 4. The van der Waals surface area contributed by atoms with E-state index in [0.717, 1.165) is 52.1 Å². The molecule has 18 heteroatoms. The van der Waals surface area contributed by atoms with Crippen LogP contribution in [-0.4, -0.2) is 111 Å². The number of carbonyl (C=O) groups is 6. The summed E-state index contributed by atoms with van der Waals surface area (Å²) in [6.45, 7) is 8.20. The van der Waals surface area contributed by atoms with Gasteiger partial charge in [0.2, 0.25) is 17.7 Å². The summed E-state index contributed by atoms with van der Waals surface area (Å²) in [5, 5.41) is 36.8. The first-order chi connectivity index (χ1) is 33.4. The number of unbranched alkanes of at least 4 members (excludes halogenated alkanes) is 3. The van der Waals surface area contributed by atoms with Gasteiger partial charge in [0.25, 0.3) is 17.7 Å². The second kappa shape index (κ2) is 22.2. The van der Waals surface area contributed by atoms with Crippen molar-refractivity contribution in [3.8, 4) is 27.5 Å². The molecule has 3 heterocycles. The minimum atomic E-state index is -0.916. The molecule has 0 unspecified atom stereocenters. The smallest absolute Gasteiger partial charge is 0.273 e. The molecular weight excluding hydrogens is 913 g/mol. The third kappa shape index (κ3) is 12.3. The Balaban J connectivity index is 0.826. The van der Waals surface area contributed by atoms with Crippen LogP contribution in [-0.2, 0) is 27.3 Å². The van der Waals surface area contributed by atoms with Crippen molar-refractivity contribution in [1.29, 1.82) is 0 Å². The van der Waals surface area contributed by atoms with E-state index in [1.165, 1.54) is 28.0 Å². The zero-order chi connectivity index (χ0) is 50.3. The van der Waals surface area contributed by atoms with Crippen molar-refractivity contribution >= 4 is 46.8 Å². The molecule has 1 fully saturated rings. The number of carbonyl (C=O) groups excluding carboxylic acids is 6. The highest BCUT2D eigenvalue weighted by Gasteiger charge is 2.44. The summed E-state index contributed by atoms with van der Waals surface area (Å²) >= 11 is 1.57. The number of hydrogen-bond donors (Lipinski definition) is 6. The van der Waals surface area contributed by atoms with Gasteiger partial charge < -0.3 is 45.8 Å². The molecule has 70 heavy (non-hydrogen) atoms. The lowest BCUT2D eigenvalue weighted by molar-refractivity contribution is -0.144. The third-order valence-corrected chi connectivity index (χ3v) is 13.8. The molecule has 5 aromatic rings. The van der Waals surface area contributed by atoms with E-state index in [9.17, 15) is 39.0 Å². The Labute approximate surface area is 411 Å². The van der Waals surface area contributed by atoms with Crippen molar-refractivity contribution in [1.82, 2.24) is 41.2 Å². The first-order valence-corrected chi connectivity index (χ1v) is 24.5. The molecule has 1 aliphatic carbocycles. The van der Waals surface area contributed by atoms with Crippen molar-refractivity contribution in [2.24, 2.45) is 5.41 Å². The van der Waals surface area contributed by atoms with Gasteiger partial charge >= 0.3 is 0 Å². The summed E-state index contributed by atoms with van der Waals surface area (Å²) in [6, 6.07) is 17.1. The van der Waals surface area contributed by atoms with E-state index in [4.69, 9.17) is 4.52 Å². The lowest BCUT2D eigenvalue weighted by Crippen LogP contribution is -2.57. The SMILES string of the molecule is Cc1ncsc1-c1ccc(CNC(=O)[C@@H]2C[C@@H](O)CN2C(=O)[C@@H](NC(=O)CCCCCCNC(=O)c2ccc3c(c2)[C@H](NC(=O)c2cc(-c4ccc(C(=O)N(C)C)c(O)c4)on2)CC3)C(C)(C)C)cc1. The molecule has 4 atom stereocenters. The predicted octanol–water partition coefficient (Wildman–Crippen LogP) is 6.09. The fraction of sp³-hybridized carbons (Fsp3) is 0.423. The number of thiazole rings is 1. The van der Waals surface area contributed by atoms with Crippen molar-refractivity contribution in [3.63, 3.8) is 0 Å². The molecule has 2 aromatic heterocycles. The number of aromatic nitrogens is 2. The lowest BCUT2D eigenvalue weighted by atomic mass is 9.85. The molecule has 0 bridgehead atoms. The number of aliphatic hydroxyl groups is 1. The van der Waals surface area contributed by atoms with E-state index in [1.54, 1.807) is 43.6 Å². The van der Waals surface area contributed by atoms with E-state index in [1.807, 2.05) is 63.5 Å². The number of aliphatic hydroxyl groups excluding tert-OH is 1. The normalized spacial score (nSPS) is 16.8. The number of benzene rings is 3. The Morgan fingerprint density at radius 1 is 0.914 bits per heavy atom.